The fourth-order valence-electron chi connectivity index (χ4n) is 2.25. The number of hydrogen-bond acceptors (Lipinski definition) is 3. The highest BCUT2D eigenvalue weighted by Crippen LogP contribution is 2.17. The molecule has 1 aromatic rings. The lowest BCUT2D eigenvalue weighted by molar-refractivity contribution is -0.126. The van der Waals surface area contributed by atoms with Gasteiger partial charge in [0, 0.05) is 12.6 Å². The van der Waals surface area contributed by atoms with E-state index in [1.54, 1.807) is 6.92 Å². The molecule has 1 fully saturated rings. The molecular formula is C14H21N3O. The Bertz CT molecular complexity index is 397. The summed E-state index contributed by atoms with van der Waals surface area (Å²) in [4.78, 5) is 12.2. The minimum absolute atomic E-state index is 0.123. The Balaban J connectivity index is 1.94. The molecule has 4 heteroatoms. The average molecular weight is 247 g/mol. The van der Waals surface area contributed by atoms with Gasteiger partial charge in [0.05, 0.1) is 0 Å². The number of nitrogens with one attached hydrogen (secondary N) is 2. The van der Waals surface area contributed by atoms with E-state index < -0.39 is 5.54 Å². The van der Waals surface area contributed by atoms with Gasteiger partial charge in [-0.2, -0.15) is 0 Å². The third-order valence-electron chi connectivity index (χ3n) is 3.52. The molecular weight excluding hydrogens is 226 g/mol. The zero-order valence-electron chi connectivity index (χ0n) is 10.8. The van der Waals surface area contributed by atoms with Crippen LogP contribution in [0.3, 0.4) is 0 Å². The fourth-order valence-corrected chi connectivity index (χ4v) is 2.25. The summed E-state index contributed by atoms with van der Waals surface area (Å²) in [5.41, 5.74) is 6.00. The van der Waals surface area contributed by atoms with Crippen LogP contribution < -0.4 is 16.4 Å². The lowest BCUT2D eigenvalue weighted by Crippen LogP contribution is -2.51. The second-order valence-corrected chi connectivity index (χ2v) is 5.07. The van der Waals surface area contributed by atoms with Crippen LogP contribution in [0.4, 0.5) is 0 Å². The highest BCUT2D eigenvalue weighted by Gasteiger charge is 2.30. The zero-order chi connectivity index (χ0) is 13.0. The van der Waals surface area contributed by atoms with Crippen LogP contribution >= 0.6 is 0 Å². The molecule has 0 spiro atoms. The Morgan fingerprint density at radius 1 is 1.50 bits per heavy atom. The van der Waals surface area contributed by atoms with Crippen molar-refractivity contribution >= 4 is 5.91 Å². The molecule has 2 atom stereocenters. The van der Waals surface area contributed by atoms with Crippen molar-refractivity contribution in [3.05, 3.63) is 35.9 Å². The molecule has 0 aliphatic carbocycles. The first-order chi connectivity index (χ1) is 8.60. The minimum Gasteiger partial charge on any atom is -0.353 e. The predicted octanol–water partition coefficient (Wildman–Crippen LogP) is 0.729. The summed E-state index contributed by atoms with van der Waals surface area (Å²) < 4.78 is 0. The van der Waals surface area contributed by atoms with Gasteiger partial charge in [0.2, 0.25) is 5.91 Å². The maximum Gasteiger partial charge on any atom is 0.244 e. The lowest BCUT2D eigenvalue weighted by atomic mass is 9.92. The van der Waals surface area contributed by atoms with Gasteiger partial charge in [-0.15, -0.1) is 0 Å². The van der Waals surface area contributed by atoms with Gasteiger partial charge >= 0.3 is 0 Å². The normalized spacial score (nSPS) is 22.4. The highest BCUT2D eigenvalue weighted by atomic mass is 16.2. The topological polar surface area (TPSA) is 67.2 Å². The Labute approximate surface area is 108 Å². The van der Waals surface area contributed by atoms with Crippen molar-refractivity contribution in [3.8, 4) is 0 Å². The van der Waals surface area contributed by atoms with Gasteiger partial charge < -0.3 is 16.4 Å². The van der Waals surface area contributed by atoms with Crippen LogP contribution in [-0.2, 0) is 10.3 Å². The fraction of sp³-hybridized carbons (Fsp3) is 0.500. The average Bonchev–Trinajstić information content (AvgIpc) is 2.90. The van der Waals surface area contributed by atoms with Gasteiger partial charge in [-0.1, -0.05) is 30.3 Å². The van der Waals surface area contributed by atoms with Crippen LogP contribution in [0.25, 0.3) is 0 Å². The van der Waals surface area contributed by atoms with Crippen molar-refractivity contribution in [1.29, 1.82) is 0 Å². The highest BCUT2D eigenvalue weighted by molar-refractivity contribution is 5.87. The predicted molar refractivity (Wildman–Crippen MR) is 72.0 cm³/mol. The van der Waals surface area contributed by atoms with Crippen molar-refractivity contribution in [3.63, 3.8) is 0 Å². The standard InChI is InChI=1S/C14H21N3O/c1-14(15,11-6-3-2-4-7-11)13(18)17-10-12-8-5-9-16-12/h2-4,6-7,12,16H,5,8-10,15H2,1H3,(H,17,18). The Hall–Kier alpha value is -1.39. The first kappa shape index (κ1) is 13.1. The molecule has 2 rings (SSSR count). The van der Waals surface area contributed by atoms with Gasteiger partial charge in [-0.05, 0) is 31.9 Å². The largest absolute Gasteiger partial charge is 0.353 e. The summed E-state index contributed by atoms with van der Waals surface area (Å²) in [7, 11) is 0. The molecule has 1 aromatic carbocycles. The number of carbonyl (C=O) groups excluding carboxylic acids is 1. The summed E-state index contributed by atoms with van der Waals surface area (Å²) in [6, 6.07) is 9.86. The molecule has 1 saturated heterocycles. The van der Waals surface area contributed by atoms with Crippen LogP contribution in [-0.4, -0.2) is 25.0 Å². The summed E-state index contributed by atoms with van der Waals surface area (Å²) in [6.45, 7) is 3.44. The van der Waals surface area contributed by atoms with E-state index >= 15 is 0 Å². The van der Waals surface area contributed by atoms with Crippen LogP contribution in [0, 0.1) is 0 Å². The van der Waals surface area contributed by atoms with E-state index in [1.807, 2.05) is 30.3 Å². The zero-order valence-corrected chi connectivity index (χ0v) is 10.8. The molecule has 0 radical (unpaired) electrons. The van der Waals surface area contributed by atoms with E-state index in [0.717, 1.165) is 18.5 Å². The SMILES string of the molecule is CC(N)(C(=O)NCC1CCCN1)c1ccccc1. The van der Waals surface area contributed by atoms with Crippen molar-refractivity contribution in [2.45, 2.75) is 31.3 Å². The number of amides is 1. The Kier molecular flexibility index (Phi) is 3.99. The van der Waals surface area contributed by atoms with Crippen LogP contribution in [0.1, 0.15) is 25.3 Å². The molecule has 1 aliphatic rings. The first-order valence-electron chi connectivity index (χ1n) is 6.47. The first-order valence-corrected chi connectivity index (χ1v) is 6.47. The van der Waals surface area contributed by atoms with Crippen LogP contribution in [0.2, 0.25) is 0 Å². The van der Waals surface area contributed by atoms with Gasteiger partial charge in [-0.25, -0.2) is 0 Å². The van der Waals surface area contributed by atoms with E-state index in [9.17, 15) is 4.79 Å². The second kappa shape index (κ2) is 5.50. The minimum atomic E-state index is -0.972. The molecule has 98 valence electrons. The van der Waals surface area contributed by atoms with E-state index in [0.29, 0.717) is 12.6 Å². The smallest absolute Gasteiger partial charge is 0.244 e. The summed E-state index contributed by atoms with van der Waals surface area (Å²) in [6.07, 6.45) is 2.30. The van der Waals surface area contributed by atoms with Crippen molar-refractivity contribution in [1.82, 2.24) is 10.6 Å². The monoisotopic (exact) mass is 247 g/mol. The molecule has 0 bridgehead atoms. The number of carbonyl (C=O) groups is 1. The van der Waals surface area contributed by atoms with E-state index in [1.165, 1.54) is 6.42 Å². The third kappa shape index (κ3) is 2.89. The Morgan fingerprint density at radius 2 is 2.22 bits per heavy atom. The number of rotatable bonds is 4. The van der Waals surface area contributed by atoms with Gasteiger partial charge in [0.25, 0.3) is 0 Å². The maximum atomic E-state index is 12.2. The van der Waals surface area contributed by atoms with Crippen molar-refractivity contribution < 1.29 is 4.79 Å². The van der Waals surface area contributed by atoms with E-state index in [-0.39, 0.29) is 5.91 Å². The summed E-state index contributed by atoms with van der Waals surface area (Å²) >= 11 is 0. The van der Waals surface area contributed by atoms with Gasteiger partial charge in [-0.3, -0.25) is 4.79 Å². The maximum absolute atomic E-state index is 12.2. The van der Waals surface area contributed by atoms with E-state index in [4.69, 9.17) is 5.73 Å². The molecule has 0 aromatic heterocycles. The van der Waals surface area contributed by atoms with Gasteiger partial charge in [0.15, 0.2) is 0 Å². The third-order valence-corrected chi connectivity index (χ3v) is 3.52. The molecule has 4 nitrogen and oxygen atoms in total. The summed E-state index contributed by atoms with van der Waals surface area (Å²) in [5, 5.41) is 6.28. The van der Waals surface area contributed by atoms with Crippen molar-refractivity contribution in [2.24, 2.45) is 5.73 Å². The van der Waals surface area contributed by atoms with Crippen LogP contribution in [0.15, 0.2) is 30.3 Å². The van der Waals surface area contributed by atoms with Gasteiger partial charge in [0.1, 0.15) is 5.54 Å². The second-order valence-electron chi connectivity index (χ2n) is 5.07. The molecule has 1 amide bonds. The molecule has 2 unspecified atom stereocenters. The Morgan fingerprint density at radius 3 is 2.83 bits per heavy atom. The molecule has 0 saturated carbocycles. The van der Waals surface area contributed by atoms with E-state index in [2.05, 4.69) is 10.6 Å². The molecule has 18 heavy (non-hydrogen) atoms. The number of benzene rings is 1. The quantitative estimate of drug-likeness (QED) is 0.735. The van der Waals surface area contributed by atoms with Crippen molar-refractivity contribution in [2.75, 3.05) is 13.1 Å². The summed E-state index contributed by atoms with van der Waals surface area (Å²) in [5.74, 6) is -0.123. The molecule has 1 aliphatic heterocycles. The number of hydrogen-bond donors (Lipinski definition) is 3. The van der Waals surface area contributed by atoms with Crippen LogP contribution in [0.5, 0.6) is 0 Å². The molecule has 4 N–H and O–H groups in total. The number of nitrogens with two attached hydrogens (primary N) is 1. The molecule has 1 heterocycles. The lowest BCUT2D eigenvalue weighted by Gasteiger charge is -2.25.